The molecule has 0 rings (SSSR count). The van der Waals surface area contributed by atoms with Crippen LogP contribution in [0.25, 0.3) is 0 Å². The second kappa shape index (κ2) is 8.65. The van der Waals surface area contributed by atoms with Gasteiger partial charge in [0.2, 0.25) is 0 Å². The van der Waals surface area contributed by atoms with Crippen LogP contribution in [0.1, 0.15) is 20.8 Å². The minimum atomic E-state index is -1.41. The summed E-state index contributed by atoms with van der Waals surface area (Å²) >= 11 is 0. The van der Waals surface area contributed by atoms with Gasteiger partial charge in [-0.2, -0.15) is 0 Å². The van der Waals surface area contributed by atoms with Crippen molar-refractivity contribution in [2.24, 2.45) is 5.73 Å². The lowest BCUT2D eigenvalue weighted by atomic mass is 10.6. The van der Waals surface area contributed by atoms with Gasteiger partial charge in [0.15, 0.2) is 0 Å². The minimum absolute atomic E-state index is 0.0536. The van der Waals surface area contributed by atoms with Crippen LogP contribution in [-0.2, 0) is 8.85 Å². The van der Waals surface area contributed by atoms with Gasteiger partial charge in [-0.05, 0) is 27.3 Å². The van der Waals surface area contributed by atoms with Crippen molar-refractivity contribution in [2.75, 3.05) is 19.8 Å². The molecule has 0 aliphatic carbocycles. The summed E-state index contributed by atoms with van der Waals surface area (Å²) < 4.78 is 11.0. The first-order valence-electron chi connectivity index (χ1n) is 4.92. The summed E-state index contributed by atoms with van der Waals surface area (Å²) in [5.74, 6) is 0. The van der Waals surface area contributed by atoms with E-state index >= 15 is 0 Å². The van der Waals surface area contributed by atoms with Crippen molar-refractivity contribution in [3.8, 4) is 0 Å². The molecule has 1 unspecified atom stereocenters. The molecule has 4 nitrogen and oxygen atoms in total. The molecular formula is C8H22N2O2Si. The molecule has 5 heteroatoms. The van der Waals surface area contributed by atoms with Crippen molar-refractivity contribution >= 4 is 9.28 Å². The van der Waals surface area contributed by atoms with Crippen LogP contribution in [0.2, 0.25) is 6.04 Å². The average molecular weight is 206 g/mol. The van der Waals surface area contributed by atoms with Gasteiger partial charge in [-0.1, -0.05) is 0 Å². The first-order valence-corrected chi connectivity index (χ1v) is 6.68. The lowest BCUT2D eigenvalue weighted by molar-refractivity contribution is 0.213. The molecule has 0 radical (unpaired) electrons. The number of nitrogens with two attached hydrogens (primary N) is 1. The van der Waals surface area contributed by atoms with Crippen LogP contribution < -0.4 is 11.1 Å². The molecule has 80 valence electrons. The first-order chi connectivity index (χ1) is 6.20. The molecule has 0 aromatic rings. The van der Waals surface area contributed by atoms with E-state index in [0.29, 0.717) is 0 Å². The summed E-state index contributed by atoms with van der Waals surface area (Å²) in [6.07, 6.45) is 0.0536. The first kappa shape index (κ1) is 13.1. The molecule has 0 spiro atoms. The summed E-state index contributed by atoms with van der Waals surface area (Å²) in [5.41, 5.74) is 5.55. The molecule has 1 atom stereocenters. The van der Waals surface area contributed by atoms with E-state index in [1.807, 2.05) is 20.8 Å². The van der Waals surface area contributed by atoms with E-state index in [4.69, 9.17) is 14.6 Å². The quantitative estimate of drug-likeness (QED) is 0.439. The van der Waals surface area contributed by atoms with Gasteiger partial charge < -0.3 is 19.9 Å². The van der Waals surface area contributed by atoms with Crippen LogP contribution in [0.5, 0.6) is 0 Å². The Morgan fingerprint density at radius 1 is 1.31 bits per heavy atom. The van der Waals surface area contributed by atoms with E-state index in [1.54, 1.807) is 0 Å². The SMILES string of the molecule is CCO[SiH](CCNC(C)N)OCC. The third-order valence-corrected chi connectivity index (χ3v) is 3.72. The Bertz CT molecular complexity index is 108. The smallest absolute Gasteiger partial charge is 0.322 e. The van der Waals surface area contributed by atoms with Crippen LogP contribution in [-0.4, -0.2) is 35.2 Å². The Kier molecular flexibility index (Phi) is 8.68. The molecule has 0 aromatic carbocycles. The van der Waals surface area contributed by atoms with Gasteiger partial charge in [-0.25, -0.2) is 0 Å². The molecule has 0 aromatic heterocycles. The van der Waals surface area contributed by atoms with Gasteiger partial charge in [0.25, 0.3) is 0 Å². The van der Waals surface area contributed by atoms with E-state index < -0.39 is 9.28 Å². The topological polar surface area (TPSA) is 56.5 Å². The molecule has 0 aliphatic rings. The van der Waals surface area contributed by atoms with Crippen molar-refractivity contribution in [2.45, 2.75) is 33.0 Å². The molecule has 0 aliphatic heterocycles. The fourth-order valence-corrected chi connectivity index (χ4v) is 2.59. The number of nitrogens with one attached hydrogen (secondary N) is 1. The third-order valence-electron chi connectivity index (χ3n) is 1.55. The zero-order valence-corrected chi connectivity index (χ0v) is 10.0. The summed E-state index contributed by atoms with van der Waals surface area (Å²) in [6, 6.07) is 0.975. The molecule has 0 amide bonds. The maximum absolute atomic E-state index is 5.55. The molecule has 0 heterocycles. The average Bonchev–Trinajstić information content (AvgIpc) is 2.04. The predicted octanol–water partition coefficient (Wildman–Crippen LogP) is 0.174. The molecular weight excluding hydrogens is 184 g/mol. The zero-order valence-electron chi connectivity index (χ0n) is 8.88. The van der Waals surface area contributed by atoms with Gasteiger partial charge >= 0.3 is 9.28 Å². The lowest BCUT2D eigenvalue weighted by Crippen LogP contribution is -2.37. The highest BCUT2D eigenvalue weighted by atomic mass is 28.3. The third kappa shape index (κ3) is 8.39. The van der Waals surface area contributed by atoms with Gasteiger partial charge in [-0.15, -0.1) is 0 Å². The summed E-state index contributed by atoms with van der Waals surface area (Å²) in [7, 11) is -1.41. The predicted molar refractivity (Wildman–Crippen MR) is 56.9 cm³/mol. The van der Waals surface area contributed by atoms with Crippen molar-refractivity contribution in [3.05, 3.63) is 0 Å². The zero-order chi connectivity index (χ0) is 10.1. The number of rotatable bonds is 8. The second-order valence-corrected chi connectivity index (χ2v) is 4.97. The monoisotopic (exact) mass is 206 g/mol. The number of hydrogen-bond acceptors (Lipinski definition) is 4. The van der Waals surface area contributed by atoms with Crippen LogP contribution in [0.3, 0.4) is 0 Å². The van der Waals surface area contributed by atoms with Crippen molar-refractivity contribution in [3.63, 3.8) is 0 Å². The largest absolute Gasteiger partial charge is 0.397 e. The summed E-state index contributed by atoms with van der Waals surface area (Å²) in [5, 5.41) is 3.15. The van der Waals surface area contributed by atoms with E-state index in [2.05, 4.69) is 5.32 Å². The maximum atomic E-state index is 5.55. The standard InChI is InChI=1S/C8H22N2O2Si/c1-4-11-13(12-5-2)7-6-10-8(3)9/h8,10,13H,4-7,9H2,1-3H3. The van der Waals surface area contributed by atoms with Crippen LogP contribution >= 0.6 is 0 Å². The second-order valence-electron chi connectivity index (χ2n) is 2.87. The Morgan fingerprint density at radius 3 is 2.23 bits per heavy atom. The fourth-order valence-electron chi connectivity index (χ4n) is 1.02. The van der Waals surface area contributed by atoms with E-state index in [-0.39, 0.29) is 6.17 Å². The van der Waals surface area contributed by atoms with Crippen molar-refractivity contribution in [1.82, 2.24) is 5.32 Å². The highest BCUT2D eigenvalue weighted by Gasteiger charge is 2.11. The highest BCUT2D eigenvalue weighted by Crippen LogP contribution is 1.96. The molecule has 0 fully saturated rings. The Hall–Kier alpha value is 0.0569. The van der Waals surface area contributed by atoms with Crippen LogP contribution in [0, 0.1) is 0 Å². The highest BCUT2D eigenvalue weighted by molar-refractivity contribution is 6.44. The summed E-state index contributed by atoms with van der Waals surface area (Å²) in [6.45, 7) is 8.30. The van der Waals surface area contributed by atoms with Gasteiger partial charge in [-0.3, -0.25) is 0 Å². The van der Waals surface area contributed by atoms with Crippen LogP contribution in [0.4, 0.5) is 0 Å². The Morgan fingerprint density at radius 2 is 1.85 bits per heavy atom. The van der Waals surface area contributed by atoms with E-state index in [0.717, 1.165) is 25.8 Å². The Balaban J connectivity index is 3.44. The lowest BCUT2D eigenvalue weighted by Gasteiger charge is -2.15. The van der Waals surface area contributed by atoms with Gasteiger partial charge in [0, 0.05) is 19.3 Å². The van der Waals surface area contributed by atoms with Crippen LogP contribution in [0.15, 0.2) is 0 Å². The summed E-state index contributed by atoms with van der Waals surface area (Å²) in [4.78, 5) is 0. The van der Waals surface area contributed by atoms with Crippen molar-refractivity contribution < 1.29 is 8.85 Å². The van der Waals surface area contributed by atoms with E-state index in [9.17, 15) is 0 Å². The van der Waals surface area contributed by atoms with Gasteiger partial charge in [0.1, 0.15) is 0 Å². The minimum Gasteiger partial charge on any atom is -0.397 e. The molecule has 3 N–H and O–H groups in total. The molecule has 13 heavy (non-hydrogen) atoms. The Labute approximate surface area is 82.6 Å². The normalized spacial score (nSPS) is 13.6. The number of hydrogen-bond donors (Lipinski definition) is 2. The van der Waals surface area contributed by atoms with Gasteiger partial charge in [0.05, 0.1) is 6.17 Å². The maximum Gasteiger partial charge on any atom is 0.322 e. The molecule has 0 bridgehead atoms. The van der Waals surface area contributed by atoms with Crippen molar-refractivity contribution in [1.29, 1.82) is 0 Å². The fraction of sp³-hybridized carbons (Fsp3) is 1.00. The molecule has 0 saturated carbocycles. The van der Waals surface area contributed by atoms with E-state index in [1.165, 1.54) is 0 Å². The molecule has 0 saturated heterocycles.